The van der Waals surface area contributed by atoms with Crippen LogP contribution >= 0.6 is 11.8 Å². The lowest BCUT2D eigenvalue weighted by Gasteiger charge is -2.42. The van der Waals surface area contributed by atoms with E-state index < -0.39 is 24.0 Å². The summed E-state index contributed by atoms with van der Waals surface area (Å²) >= 11 is 1.53. The minimum atomic E-state index is -0.940. The molecule has 0 unspecified atom stereocenters. The van der Waals surface area contributed by atoms with Crippen LogP contribution < -0.4 is 5.73 Å². The van der Waals surface area contributed by atoms with Crippen molar-refractivity contribution in [3.63, 3.8) is 0 Å². The summed E-state index contributed by atoms with van der Waals surface area (Å²) in [7, 11) is 0. The van der Waals surface area contributed by atoms with Crippen molar-refractivity contribution in [1.82, 2.24) is 4.90 Å². The van der Waals surface area contributed by atoms with E-state index in [2.05, 4.69) is 4.90 Å². The Bertz CT molecular complexity index is 723. The molecule has 1 aromatic carbocycles. The highest BCUT2D eigenvalue weighted by molar-refractivity contribution is 8.14. The van der Waals surface area contributed by atoms with E-state index in [1.54, 1.807) is 0 Å². The van der Waals surface area contributed by atoms with Gasteiger partial charge in [-0.25, -0.2) is 4.99 Å². The number of para-hydroxylation sites is 1. The molecular weight excluding hydrogens is 374 g/mol. The number of rotatable bonds is 4. The second-order valence-corrected chi connectivity index (χ2v) is 9.41. The van der Waals surface area contributed by atoms with Crippen LogP contribution in [-0.2, 0) is 4.79 Å². The van der Waals surface area contributed by atoms with Crippen LogP contribution in [-0.4, -0.2) is 56.2 Å². The summed E-state index contributed by atoms with van der Waals surface area (Å²) in [5, 5.41) is 21.9. The van der Waals surface area contributed by atoms with Crippen molar-refractivity contribution in [1.29, 1.82) is 0 Å². The maximum Gasteiger partial charge on any atom is 0.221 e. The monoisotopic (exact) mass is 403 g/mol. The molecule has 28 heavy (non-hydrogen) atoms. The Balaban J connectivity index is 1.67. The number of benzene rings is 1. The number of nitrogens with two attached hydrogens (primary N) is 1. The highest BCUT2D eigenvalue weighted by atomic mass is 32.2. The predicted octanol–water partition coefficient (Wildman–Crippen LogP) is 2.27. The number of thioether (sulfide) groups is 1. The van der Waals surface area contributed by atoms with E-state index in [0.717, 1.165) is 17.4 Å². The Morgan fingerprint density at radius 3 is 2.57 bits per heavy atom. The molecule has 3 aliphatic rings. The van der Waals surface area contributed by atoms with E-state index >= 15 is 0 Å². The number of hydrogen-bond acceptors (Lipinski definition) is 5. The van der Waals surface area contributed by atoms with Crippen molar-refractivity contribution < 1.29 is 15.0 Å². The summed E-state index contributed by atoms with van der Waals surface area (Å²) < 4.78 is 0. The molecule has 1 saturated heterocycles. The fourth-order valence-corrected chi connectivity index (χ4v) is 6.44. The molecule has 1 amide bonds. The maximum atomic E-state index is 12.1. The van der Waals surface area contributed by atoms with E-state index in [4.69, 9.17) is 10.7 Å². The zero-order chi connectivity index (χ0) is 19.7. The number of carbonyl (C=O) groups is 1. The number of carbonyl (C=O) groups excluding carboxylic acids is 1. The molecule has 7 heteroatoms. The van der Waals surface area contributed by atoms with Crippen molar-refractivity contribution in [3.8, 4) is 0 Å². The van der Waals surface area contributed by atoms with Crippen molar-refractivity contribution in [2.24, 2.45) is 22.6 Å². The largest absolute Gasteiger partial charge is 0.390 e. The molecule has 2 aliphatic carbocycles. The first-order valence-corrected chi connectivity index (χ1v) is 11.1. The van der Waals surface area contributed by atoms with Crippen LogP contribution in [0.3, 0.4) is 0 Å². The van der Waals surface area contributed by atoms with Crippen LogP contribution in [0.4, 0.5) is 5.69 Å². The zero-order valence-corrected chi connectivity index (χ0v) is 16.8. The highest BCUT2D eigenvalue weighted by Crippen LogP contribution is 2.45. The Morgan fingerprint density at radius 1 is 1.18 bits per heavy atom. The number of aliphatic hydroxyl groups is 2. The van der Waals surface area contributed by atoms with Crippen LogP contribution in [0.25, 0.3) is 0 Å². The Hall–Kier alpha value is -1.57. The third kappa shape index (κ3) is 3.93. The second-order valence-electron chi connectivity index (χ2n) is 8.26. The molecule has 0 spiro atoms. The van der Waals surface area contributed by atoms with Crippen molar-refractivity contribution in [2.45, 2.75) is 62.0 Å². The van der Waals surface area contributed by atoms with Crippen molar-refractivity contribution in [2.75, 3.05) is 6.54 Å². The average molecular weight is 404 g/mol. The van der Waals surface area contributed by atoms with Gasteiger partial charge in [-0.05, 0) is 37.3 Å². The number of aliphatic hydroxyl groups excluding tert-OH is 2. The lowest BCUT2D eigenvalue weighted by atomic mass is 9.79. The number of amidine groups is 1. The summed E-state index contributed by atoms with van der Waals surface area (Å²) in [5.74, 6) is -0.329. The second kappa shape index (κ2) is 8.43. The topological polar surface area (TPSA) is 99.2 Å². The van der Waals surface area contributed by atoms with Gasteiger partial charge in [0.1, 0.15) is 6.10 Å². The number of aliphatic imine (C=N–C) groups is 1. The van der Waals surface area contributed by atoms with Gasteiger partial charge in [-0.3, -0.25) is 4.79 Å². The number of primary amides is 1. The summed E-state index contributed by atoms with van der Waals surface area (Å²) in [6.07, 6.45) is 4.47. The Morgan fingerprint density at radius 2 is 1.89 bits per heavy atom. The fourth-order valence-electron chi connectivity index (χ4n) is 4.85. The van der Waals surface area contributed by atoms with Gasteiger partial charge < -0.3 is 20.8 Å². The molecule has 0 bridgehead atoms. The van der Waals surface area contributed by atoms with Gasteiger partial charge in [0, 0.05) is 11.8 Å². The van der Waals surface area contributed by atoms with Crippen LogP contribution in [0.2, 0.25) is 0 Å². The minimum absolute atomic E-state index is 0.179. The molecule has 4 rings (SSSR count). The van der Waals surface area contributed by atoms with E-state index in [-0.39, 0.29) is 17.7 Å². The molecular formula is C21H29N3O3S. The number of hydrogen-bond donors (Lipinski definition) is 3. The van der Waals surface area contributed by atoms with Gasteiger partial charge in [-0.1, -0.05) is 49.2 Å². The average Bonchev–Trinajstić information content (AvgIpc) is 3.04. The van der Waals surface area contributed by atoms with E-state index in [0.29, 0.717) is 5.92 Å². The Kier molecular flexibility index (Phi) is 5.94. The molecule has 3 fully saturated rings. The molecule has 6 nitrogen and oxygen atoms in total. The van der Waals surface area contributed by atoms with Crippen molar-refractivity contribution in [3.05, 3.63) is 30.3 Å². The van der Waals surface area contributed by atoms with Gasteiger partial charge in [0.05, 0.1) is 23.8 Å². The molecule has 0 radical (unpaired) electrons. The molecule has 0 aromatic heterocycles. The summed E-state index contributed by atoms with van der Waals surface area (Å²) in [5.41, 5.74) is 6.51. The molecule has 1 heterocycles. The van der Waals surface area contributed by atoms with E-state index in [1.165, 1.54) is 43.9 Å². The lowest BCUT2D eigenvalue weighted by Crippen LogP contribution is -2.59. The van der Waals surface area contributed by atoms with E-state index in [1.807, 2.05) is 30.3 Å². The summed E-state index contributed by atoms with van der Waals surface area (Å²) in [4.78, 5) is 19.1. The standard InChI is InChI=1S/C21H29N3O3S/c22-20(27)15-11-16(25)18(26)17-19(15)28-21(23-14-9-5-2-6-10-14)24(17)12-13-7-3-1-4-8-13/h2,5-6,9-10,13,15-19,25-26H,1,3-4,7-8,11-12H2,(H2,22,27)/t15-,16+,17+,18-,19+/m0/s1. The van der Waals surface area contributed by atoms with Gasteiger partial charge in [0.15, 0.2) is 5.17 Å². The van der Waals surface area contributed by atoms with Crippen LogP contribution in [0.5, 0.6) is 0 Å². The molecule has 152 valence electrons. The Labute approximate surface area is 170 Å². The van der Waals surface area contributed by atoms with Crippen LogP contribution in [0, 0.1) is 11.8 Å². The predicted molar refractivity (Wildman–Crippen MR) is 111 cm³/mol. The van der Waals surface area contributed by atoms with Gasteiger partial charge in [-0.2, -0.15) is 0 Å². The number of nitrogens with zero attached hydrogens (tertiary/aromatic N) is 2. The maximum absolute atomic E-state index is 12.1. The molecule has 1 aliphatic heterocycles. The molecule has 2 saturated carbocycles. The lowest BCUT2D eigenvalue weighted by molar-refractivity contribution is -0.128. The summed E-state index contributed by atoms with van der Waals surface area (Å²) in [6.45, 7) is 0.801. The minimum Gasteiger partial charge on any atom is -0.390 e. The summed E-state index contributed by atoms with van der Waals surface area (Å²) in [6, 6.07) is 9.41. The first-order chi connectivity index (χ1) is 13.5. The fraction of sp³-hybridized carbons (Fsp3) is 0.619. The zero-order valence-electron chi connectivity index (χ0n) is 16.0. The van der Waals surface area contributed by atoms with Gasteiger partial charge in [0.25, 0.3) is 0 Å². The van der Waals surface area contributed by atoms with Crippen LogP contribution in [0.15, 0.2) is 35.3 Å². The first kappa shape index (κ1) is 19.7. The van der Waals surface area contributed by atoms with Gasteiger partial charge in [-0.15, -0.1) is 0 Å². The number of amides is 1. The third-order valence-corrected chi connectivity index (χ3v) is 7.76. The highest BCUT2D eigenvalue weighted by Gasteiger charge is 2.54. The number of fused-ring (bicyclic) bond motifs is 1. The molecule has 1 aromatic rings. The molecule has 5 atom stereocenters. The first-order valence-electron chi connectivity index (χ1n) is 10.3. The third-order valence-electron chi connectivity index (χ3n) is 6.35. The van der Waals surface area contributed by atoms with E-state index in [9.17, 15) is 15.0 Å². The quantitative estimate of drug-likeness (QED) is 0.716. The van der Waals surface area contributed by atoms with Gasteiger partial charge >= 0.3 is 0 Å². The smallest absolute Gasteiger partial charge is 0.221 e. The van der Waals surface area contributed by atoms with Crippen LogP contribution in [0.1, 0.15) is 38.5 Å². The van der Waals surface area contributed by atoms with Crippen molar-refractivity contribution >= 4 is 28.5 Å². The van der Waals surface area contributed by atoms with Gasteiger partial charge in [0.2, 0.25) is 5.91 Å². The normalized spacial score (nSPS) is 35.1. The SMILES string of the molecule is NC(=O)[C@H]1C[C@@H](O)[C@H](O)[C@@H]2[C@@H]1SC(=Nc1ccccc1)N2CC1CCCCC1. The molecule has 4 N–H and O–H groups in total.